The first kappa shape index (κ1) is 16.1. The van der Waals surface area contributed by atoms with Crippen LogP contribution in [0.2, 0.25) is 0 Å². The summed E-state index contributed by atoms with van der Waals surface area (Å²) in [6.07, 6.45) is 2.82. The minimum atomic E-state index is 0.0458. The van der Waals surface area contributed by atoms with Gasteiger partial charge in [0, 0.05) is 17.8 Å². The molecule has 6 heteroatoms. The molecule has 0 aliphatic carbocycles. The predicted octanol–water partition coefficient (Wildman–Crippen LogP) is 3.26. The van der Waals surface area contributed by atoms with Crippen LogP contribution in [0.5, 0.6) is 0 Å². The lowest BCUT2D eigenvalue weighted by molar-refractivity contribution is 0.678. The van der Waals surface area contributed by atoms with Crippen LogP contribution in [-0.4, -0.2) is 25.4 Å². The van der Waals surface area contributed by atoms with Gasteiger partial charge in [-0.1, -0.05) is 30.3 Å². The molecule has 6 nitrogen and oxygen atoms in total. The molecule has 0 amide bonds. The summed E-state index contributed by atoms with van der Waals surface area (Å²) < 4.78 is 2.15. The number of hydrogen-bond acceptors (Lipinski definition) is 3. The number of fused-ring (bicyclic) bond motifs is 1. The second-order valence-electron chi connectivity index (χ2n) is 6.34. The molecule has 26 heavy (non-hydrogen) atoms. The highest BCUT2D eigenvalue weighted by atomic mass is 15.1. The Kier molecular flexibility index (Phi) is 4.01. The van der Waals surface area contributed by atoms with Gasteiger partial charge in [0.2, 0.25) is 0 Å². The number of aryl methyl sites for hydroxylation is 2. The number of benzene rings is 2. The lowest BCUT2D eigenvalue weighted by Gasteiger charge is -2.05. The summed E-state index contributed by atoms with van der Waals surface area (Å²) >= 11 is 0. The summed E-state index contributed by atoms with van der Waals surface area (Å²) in [7, 11) is 0. The quantitative estimate of drug-likeness (QED) is 0.383. The maximum Gasteiger partial charge on any atom is 0.159 e. The maximum absolute atomic E-state index is 7.56. The molecular formula is C20H20N6. The van der Waals surface area contributed by atoms with Crippen LogP contribution in [0, 0.1) is 12.3 Å². The van der Waals surface area contributed by atoms with Crippen LogP contribution >= 0.6 is 0 Å². The van der Waals surface area contributed by atoms with Gasteiger partial charge in [-0.15, -0.1) is 0 Å². The van der Waals surface area contributed by atoms with Crippen molar-refractivity contribution in [3.8, 4) is 11.5 Å². The molecule has 0 aliphatic heterocycles. The van der Waals surface area contributed by atoms with Crippen molar-refractivity contribution in [2.45, 2.75) is 19.9 Å². The van der Waals surface area contributed by atoms with Crippen LogP contribution in [-0.2, 0) is 13.0 Å². The minimum Gasteiger partial charge on any atom is -0.384 e. The van der Waals surface area contributed by atoms with Gasteiger partial charge < -0.3 is 15.3 Å². The van der Waals surface area contributed by atoms with Gasteiger partial charge in [0.1, 0.15) is 11.5 Å². The lowest BCUT2D eigenvalue weighted by atomic mass is 10.1. The molecule has 0 atom stereocenters. The van der Waals surface area contributed by atoms with E-state index in [1.165, 1.54) is 5.56 Å². The van der Waals surface area contributed by atoms with Crippen LogP contribution in [0.1, 0.15) is 16.8 Å². The van der Waals surface area contributed by atoms with Crippen molar-refractivity contribution in [2.75, 3.05) is 0 Å². The van der Waals surface area contributed by atoms with Gasteiger partial charge >= 0.3 is 0 Å². The maximum atomic E-state index is 7.56. The Balaban J connectivity index is 1.61. The van der Waals surface area contributed by atoms with E-state index in [1.54, 1.807) is 6.07 Å². The Bertz CT molecular complexity index is 1070. The van der Waals surface area contributed by atoms with Crippen LogP contribution < -0.4 is 5.73 Å². The topological polar surface area (TPSA) is 96.4 Å². The molecule has 2 aromatic heterocycles. The van der Waals surface area contributed by atoms with Gasteiger partial charge in [-0.05, 0) is 37.1 Å². The van der Waals surface area contributed by atoms with E-state index < -0.39 is 0 Å². The highest BCUT2D eigenvalue weighted by Crippen LogP contribution is 2.23. The fourth-order valence-corrected chi connectivity index (χ4v) is 3.08. The highest BCUT2D eigenvalue weighted by Gasteiger charge is 2.13. The number of H-pyrrole nitrogens is 1. The summed E-state index contributed by atoms with van der Waals surface area (Å²) in [6, 6.07) is 15.9. The first-order valence-corrected chi connectivity index (χ1v) is 8.52. The highest BCUT2D eigenvalue weighted by molar-refractivity contribution is 5.98. The van der Waals surface area contributed by atoms with Gasteiger partial charge in [0.15, 0.2) is 5.82 Å². The van der Waals surface area contributed by atoms with Gasteiger partial charge in [0.05, 0.1) is 17.4 Å². The van der Waals surface area contributed by atoms with E-state index in [4.69, 9.17) is 11.1 Å². The number of imidazole rings is 2. The predicted molar refractivity (Wildman–Crippen MR) is 103 cm³/mol. The van der Waals surface area contributed by atoms with Crippen LogP contribution in [0.4, 0.5) is 0 Å². The van der Waals surface area contributed by atoms with E-state index >= 15 is 0 Å². The van der Waals surface area contributed by atoms with E-state index in [9.17, 15) is 0 Å². The Labute approximate surface area is 151 Å². The van der Waals surface area contributed by atoms with Crippen molar-refractivity contribution >= 4 is 16.9 Å². The molecule has 0 saturated heterocycles. The average molecular weight is 344 g/mol. The first-order valence-electron chi connectivity index (χ1n) is 8.52. The smallest absolute Gasteiger partial charge is 0.159 e. The Morgan fingerprint density at radius 2 is 2.00 bits per heavy atom. The van der Waals surface area contributed by atoms with Crippen molar-refractivity contribution in [3.05, 3.63) is 71.7 Å². The number of amidine groups is 1. The third kappa shape index (κ3) is 2.97. The molecule has 0 unspecified atom stereocenters. The number of rotatable bonds is 5. The fourth-order valence-electron chi connectivity index (χ4n) is 3.08. The van der Waals surface area contributed by atoms with E-state index in [0.717, 1.165) is 41.2 Å². The molecule has 2 aromatic carbocycles. The zero-order valence-corrected chi connectivity index (χ0v) is 14.5. The lowest BCUT2D eigenvalue weighted by Crippen LogP contribution is -2.10. The molecule has 0 radical (unpaired) electrons. The summed E-state index contributed by atoms with van der Waals surface area (Å²) in [5.41, 5.74) is 11.2. The molecule has 130 valence electrons. The normalized spacial score (nSPS) is 11.1. The summed E-state index contributed by atoms with van der Waals surface area (Å²) in [6.45, 7) is 2.93. The second-order valence-corrected chi connectivity index (χ2v) is 6.34. The Morgan fingerprint density at radius 3 is 2.77 bits per heavy atom. The molecule has 0 spiro atoms. The molecular weight excluding hydrogens is 324 g/mol. The Morgan fingerprint density at radius 1 is 1.19 bits per heavy atom. The summed E-state index contributed by atoms with van der Waals surface area (Å²) in [4.78, 5) is 12.5. The molecule has 0 saturated carbocycles. The fraction of sp³-hybridized carbons (Fsp3) is 0.150. The van der Waals surface area contributed by atoms with Crippen molar-refractivity contribution in [3.63, 3.8) is 0 Å². The zero-order chi connectivity index (χ0) is 18.1. The van der Waals surface area contributed by atoms with E-state index in [0.29, 0.717) is 5.56 Å². The number of nitrogens with two attached hydrogens (primary N) is 1. The van der Waals surface area contributed by atoms with Gasteiger partial charge in [-0.2, -0.15) is 0 Å². The first-order chi connectivity index (χ1) is 12.6. The van der Waals surface area contributed by atoms with Crippen molar-refractivity contribution in [1.29, 1.82) is 5.41 Å². The SMILES string of the molecule is Cc1c(-c2nc3ccc(C(=N)N)cc3[nH]2)ncn1CCc1ccccc1. The second kappa shape index (κ2) is 6.48. The largest absolute Gasteiger partial charge is 0.384 e. The number of nitrogen functional groups attached to an aromatic ring is 1. The third-order valence-electron chi connectivity index (χ3n) is 4.60. The molecule has 4 rings (SSSR count). The van der Waals surface area contributed by atoms with Crippen LogP contribution in [0.3, 0.4) is 0 Å². The van der Waals surface area contributed by atoms with Gasteiger partial charge in [-0.25, -0.2) is 9.97 Å². The van der Waals surface area contributed by atoms with E-state index in [1.807, 2.05) is 24.5 Å². The monoisotopic (exact) mass is 344 g/mol. The molecule has 0 aliphatic rings. The van der Waals surface area contributed by atoms with Gasteiger partial charge in [0.25, 0.3) is 0 Å². The number of aromatic amines is 1. The van der Waals surface area contributed by atoms with Crippen molar-refractivity contribution < 1.29 is 0 Å². The van der Waals surface area contributed by atoms with Gasteiger partial charge in [-0.3, -0.25) is 5.41 Å². The van der Waals surface area contributed by atoms with Crippen LogP contribution in [0.25, 0.3) is 22.6 Å². The molecule has 0 bridgehead atoms. The van der Waals surface area contributed by atoms with Crippen LogP contribution in [0.15, 0.2) is 54.9 Å². The summed E-state index contributed by atoms with van der Waals surface area (Å²) in [5.74, 6) is 0.779. The minimum absolute atomic E-state index is 0.0458. The number of nitrogens with one attached hydrogen (secondary N) is 2. The average Bonchev–Trinajstić information content (AvgIpc) is 3.23. The number of nitrogens with zero attached hydrogens (tertiary/aromatic N) is 3. The zero-order valence-electron chi connectivity index (χ0n) is 14.5. The number of aromatic nitrogens is 4. The Hall–Kier alpha value is -3.41. The molecule has 2 heterocycles. The standard InChI is InChI=1S/C20H20N6/c1-13-18(23-12-26(13)10-9-14-5-3-2-4-6-14)20-24-16-8-7-15(19(21)22)11-17(16)25-20/h2-8,11-12H,9-10H2,1H3,(H3,21,22)(H,24,25). The van der Waals surface area contributed by atoms with Crippen molar-refractivity contribution in [2.24, 2.45) is 5.73 Å². The number of hydrogen-bond donors (Lipinski definition) is 3. The van der Waals surface area contributed by atoms with E-state index in [-0.39, 0.29) is 5.84 Å². The van der Waals surface area contributed by atoms with E-state index in [2.05, 4.69) is 50.7 Å². The third-order valence-corrected chi connectivity index (χ3v) is 4.60. The molecule has 4 aromatic rings. The molecule has 0 fully saturated rings. The van der Waals surface area contributed by atoms with Crippen molar-refractivity contribution in [1.82, 2.24) is 19.5 Å². The molecule has 4 N–H and O–H groups in total. The summed E-state index contributed by atoms with van der Waals surface area (Å²) in [5, 5.41) is 7.56.